The van der Waals surface area contributed by atoms with Crippen molar-refractivity contribution in [3.05, 3.63) is 51.9 Å². The van der Waals surface area contributed by atoms with Gasteiger partial charge in [0, 0.05) is 18.4 Å². The topological polar surface area (TPSA) is 93.1 Å². The summed E-state index contributed by atoms with van der Waals surface area (Å²) in [6, 6.07) is 1.54. The van der Waals surface area contributed by atoms with E-state index in [1.165, 1.54) is 17.2 Å². The number of fused-ring (bicyclic) bond motifs is 2. The molecule has 1 aromatic heterocycles. The average Bonchev–Trinajstić information content (AvgIpc) is 3.39. The molecule has 0 saturated carbocycles. The Morgan fingerprint density at radius 1 is 1.18 bits per heavy atom. The summed E-state index contributed by atoms with van der Waals surface area (Å²) in [5, 5.41) is 3.79. The van der Waals surface area contributed by atoms with Gasteiger partial charge in [0.25, 0.3) is 10.0 Å². The van der Waals surface area contributed by atoms with Crippen LogP contribution >= 0.6 is 0 Å². The highest BCUT2D eigenvalue weighted by molar-refractivity contribution is 7.93. The second-order valence-corrected chi connectivity index (χ2v) is 8.83. The summed E-state index contributed by atoms with van der Waals surface area (Å²) in [5.41, 5.74) is 6.23. The molecule has 0 atom stereocenters. The standard InChI is InChI=1S/C20H24N4O3S/c1-2-24-12-16(21-13-24)9-10-28(26,27)23-20(25)22-19-17-7-3-5-14(17)11-15-6-4-8-18(15)19/h9-13H,2-8H2,1H3,(H2,22,23,25)/b10-9+. The first-order chi connectivity index (χ1) is 13.4. The number of rotatable bonds is 5. The maximum absolute atomic E-state index is 12.4. The lowest BCUT2D eigenvalue weighted by Crippen LogP contribution is -2.33. The Hall–Kier alpha value is -2.61. The summed E-state index contributed by atoms with van der Waals surface area (Å²) in [5.74, 6) is 0. The van der Waals surface area contributed by atoms with Crippen LogP contribution in [0.25, 0.3) is 6.08 Å². The molecule has 7 nitrogen and oxygen atoms in total. The molecule has 1 heterocycles. The molecule has 0 saturated heterocycles. The fourth-order valence-corrected chi connectivity index (χ4v) is 4.76. The predicted molar refractivity (Wildman–Crippen MR) is 109 cm³/mol. The van der Waals surface area contributed by atoms with E-state index in [0.29, 0.717) is 5.69 Å². The normalized spacial score (nSPS) is 15.6. The van der Waals surface area contributed by atoms with Gasteiger partial charge in [-0.3, -0.25) is 0 Å². The highest BCUT2D eigenvalue weighted by atomic mass is 32.2. The van der Waals surface area contributed by atoms with Gasteiger partial charge in [-0.1, -0.05) is 6.07 Å². The number of hydrogen-bond donors (Lipinski definition) is 2. The zero-order valence-electron chi connectivity index (χ0n) is 15.9. The van der Waals surface area contributed by atoms with Crippen LogP contribution in [0, 0.1) is 0 Å². The summed E-state index contributed by atoms with van der Waals surface area (Å²) < 4.78 is 28.4. The Labute approximate surface area is 164 Å². The molecule has 0 radical (unpaired) electrons. The first-order valence-corrected chi connectivity index (χ1v) is 11.2. The molecule has 4 rings (SSSR count). The van der Waals surface area contributed by atoms with Crippen LogP contribution in [0.15, 0.2) is 24.0 Å². The highest BCUT2D eigenvalue weighted by Gasteiger charge is 2.25. The van der Waals surface area contributed by atoms with E-state index in [-0.39, 0.29) is 0 Å². The Bertz CT molecular complexity index is 1020. The third-order valence-electron chi connectivity index (χ3n) is 5.38. The Morgan fingerprint density at radius 2 is 1.86 bits per heavy atom. The Balaban J connectivity index is 1.49. The van der Waals surface area contributed by atoms with Gasteiger partial charge in [0.1, 0.15) is 0 Å². The molecule has 2 N–H and O–H groups in total. The zero-order valence-corrected chi connectivity index (χ0v) is 16.7. The van der Waals surface area contributed by atoms with Crippen molar-refractivity contribution < 1.29 is 13.2 Å². The van der Waals surface area contributed by atoms with Crippen LogP contribution in [0.3, 0.4) is 0 Å². The van der Waals surface area contributed by atoms with Gasteiger partial charge >= 0.3 is 6.03 Å². The van der Waals surface area contributed by atoms with Gasteiger partial charge in [-0.15, -0.1) is 0 Å². The van der Waals surface area contributed by atoms with Gasteiger partial charge < -0.3 is 9.88 Å². The van der Waals surface area contributed by atoms with Crippen LogP contribution in [0.1, 0.15) is 47.7 Å². The van der Waals surface area contributed by atoms with E-state index in [1.54, 1.807) is 12.5 Å². The van der Waals surface area contributed by atoms with Crippen molar-refractivity contribution in [1.29, 1.82) is 0 Å². The number of nitrogens with one attached hydrogen (secondary N) is 2. The monoisotopic (exact) mass is 400 g/mol. The van der Waals surface area contributed by atoms with Gasteiger partial charge in [-0.25, -0.2) is 22.9 Å². The number of hydrogen-bond acceptors (Lipinski definition) is 4. The SMILES string of the molecule is CCn1cnc(/C=C/S(=O)(=O)NC(=O)Nc2c3c(cc4c2CCC4)CCC3)c1. The molecule has 2 aliphatic rings. The average molecular weight is 401 g/mol. The molecular weight excluding hydrogens is 376 g/mol. The number of imidazole rings is 1. The first kappa shape index (κ1) is 18.7. The van der Waals surface area contributed by atoms with Crippen molar-refractivity contribution in [2.75, 3.05) is 5.32 Å². The lowest BCUT2D eigenvalue weighted by atomic mass is 9.99. The molecule has 2 aromatic rings. The number of sulfonamides is 1. The van der Waals surface area contributed by atoms with Gasteiger partial charge in [0.05, 0.1) is 17.4 Å². The third-order valence-corrected chi connectivity index (χ3v) is 6.35. The number of aromatic nitrogens is 2. The summed E-state index contributed by atoms with van der Waals surface area (Å²) in [6.45, 7) is 2.72. The van der Waals surface area contributed by atoms with Gasteiger partial charge in [0.15, 0.2) is 0 Å². The fourth-order valence-electron chi connectivity index (χ4n) is 4.07. The van der Waals surface area contributed by atoms with Gasteiger partial charge in [-0.05, 0) is 73.8 Å². The minimum atomic E-state index is -3.92. The summed E-state index contributed by atoms with van der Waals surface area (Å²) in [6.07, 6.45) is 10.8. The first-order valence-electron chi connectivity index (χ1n) is 9.65. The molecule has 28 heavy (non-hydrogen) atoms. The zero-order chi connectivity index (χ0) is 19.7. The number of carbonyl (C=O) groups is 1. The summed E-state index contributed by atoms with van der Waals surface area (Å²) >= 11 is 0. The van der Waals surface area contributed by atoms with E-state index in [0.717, 1.165) is 67.3 Å². The molecule has 0 bridgehead atoms. The van der Waals surface area contributed by atoms with E-state index in [2.05, 4.69) is 21.1 Å². The fraction of sp³-hybridized carbons (Fsp3) is 0.400. The predicted octanol–water partition coefficient (Wildman–Crippen LogP) is 3.00. The second kappa shape index (κ2) is 7.43. The Morgan fingerprint density at radius 3 is 2.46 bits per heavy atom. The summed E-state index contributed by atoms with van der Waals surface area (Å²) in [7, 11) is -3.92. The van der Waals surface area contributed by atoms with Crippen LogP contribution < -0.4 is 10.0 Å². The number of carbonyl (C=O) groups excluding carboxylic acids is 1. The Kier molecular flexibility index (Phi) is 4.97. The minimum absolute atomic E-state index is 0.520. The number of nitrogens with zero attached hydrogens (tertiary/aromatic N) is 2. The molecule has 0 spiro atoms. The molecule has 2 aliphatic carbocycles. The largest absolute Gasteiger partial charge is 0.337 e. The lowest BCUT2D eigenvalue weighted by molar-refractivity contribution is 0.256. The number of anilines is 1. The molecule has 2 amide bonds. The molecule has 8 heteroatoms. The van der Waals surface area contributed by atoms with Gasteiger partial charge in [0.2, 0.25) is 0 Å². The lowest BCUT2D eigenvalue weighted by Gasteiger charge is -2.16. The van der Waals surface area contributed by atoms with E-state index < -0.39 is 16.1 Å². The van der Waals surface area contributed by atoms with Crippen molar-refractivity contribution in [1.82, 2.24) is 14.3 Å². The van der Waals surface area contributed by atoms with Crippen LogP contribution in [0.4, 0.5) is 10.5 Å². The molecule has 0 aliphatic heterocycles. The van der Waals surface area contributed by atoms with Gasteiger partial charge in [-0.2, -0.15) is 0 Å². The second-order valence-electron chi connectivity index (χ2n) is 7.27. The van der Waals surface area contributed by atoms with Crippen LogP contribution in [0.5, 0.6) is 0 Å². The minimum Gasteiger partial charge on any atom is -0.337 e. The molecule has 0 fully saturated rings. The molecule has 1 aromatic carbocycles. The van der Waals surface area contributed by atoms with Crippen LogP contribution in [-0.4, -0.2) is 24.0 Å². The van der Waals surface area contributed by atoms with Crippen molar-refractivity contribution in [2.45, 2.75) is 52.0 Å². The number of aryl methyl sites for hydroxylation is 3. The van der Waals surface area contributed by atoms with E-state index >= 15 is 0 Å². The highest BCUT2D eigenvalue weighted by Crippen LogP contribution is 2.38. The van der Waals surface area contributed by atoms with E-state index in [1.807, 2.05) is 11.5 Å². The van der Waals surface area contributed by atoms with Crippen molar-refractivity contribution in [3.8, 4) is 0 Å². The van der Waals surface area contributed by atoms with Crippen molar-refractivity contribution in [2.24, 2.45) is 0 Å². The van der Waals surface area contributed by atoms with Crippen molar-refractivity contribution in [3.63, 3.8) is 0 Å². The summed E-state index contributed by atoms with van der Waals surface area (Å²) in [4.78, 5) is 16.5. The number of benzene rings is 1. The quantitative estimate of drug-likeness (QED) is 0.807. The number of urea groups is 1. The maximum Gasteiger partial charge on any atom is 0.333 e. The molecular formula is C20H24N4O3S. The maximum atomic E-state index is 12.4. The number of amides is 2. The van der Waals surface area contributed by atoms with E-state index in [9.17, 15) is 13.2 Å². The van der Waals surface area contributed by atoms with Crippen LogP contribution in [0.2, 0.25) is 0 Å². The molecule has 0 unspecified atom stereocenters. The van der Waals surface area contributed by atoms with Crippen molar-refractivity contribution >= 4 is 27.8 Å². The van der Waals surface area contributed by atoms with Crippen LogP contribution in [-0.2, 0) is 42.3 Å². The van der Waals surface area contributed by atoms with E-state index in [4.69, 9.17) is 0 Å². The smallest absolute Gasteiger partial charge is 0.333 e. The molecule has 148 valence electrons. The third kappa shape index (κ3) is 3.82.